The normalized spacial score (nSPS) is 12.6. The molecule has 146 valence electrons. The molecule has 1 unspecified atom stereocenters. The van der Waals surface area contributed by atoms with Gasteiger partial charge in [-0.2, -0.15) is 13.2 Å². The molecule has 0 aliphatic rings. The lowest BCUT2D eigenvalue weighted by molar-refractivity contribution is -0.137. The minimum Gasteiger partial charge on any atom is -0.325 e. The minimum absolute atomic E-state index is 0.232. The van der Waals surface area contributed by atoms with Crippen LogP contribution >= 0.6 is 11.8 Å². The fourth-order valence-electron chi connectivity index (χ4n) is 2.27. The number of carbonyl (C=O) groups is 1. The molecule has 0 saturated carbocycles. The molecule has 0 spiro atoms. The van der Waals surface area contributed by atoms with Crippen LogP contribution < -0.4 is 5.32 Å². The van der Waals surface area contributed by atoms with Gasteiger partial charge >= 0.3 is 6.18 Å². The number of carbonyl (C=O) groups excluding carboxylic acids is 1. The van der Waals surface area contributed by atoms with Crippen molar-refractivity contribution in [3.63, 3.8) is 0 Å². The predicted molar refractivity (Wildman–Crippen MR) is 97.2 cm³/mol. The molecule has 2 aromatic carbocycles. The summed E-state index contributed by atoms with van der Waals surface area (Å²) in [5.41, 5.74) is -0.300. The highest BCUT2D eigenvalue weighted by molar-refractivity contribution is 8.00. The Morgan fingerprint density at radius 3 is 2.46 bits per heavy atom. The molecule has 0 bridgehead atoms. The Hall–Kier alpha value is -2.88. The molecule has 0 fully saturated rings. The first-order chi connectivity index (χ1) is 13.2. The SMILES string of the molecule is CC(Sc1n[nH]c(-c2ccccc2F)n1)C(=O)Nc1ccc(C(F)(F)F)cc1. The van der Waals surface area contributed by atoms with Crippen molar-refractivity contribution in [1.29, 1.82) is 0 Å². The second kappa shape index (κ2) is 8.01. The van der Waals surface area contributed by atoms with E-state index in [2.05, 4.69) is 20.5 Å². The van der Waals surface area contributed by atoms with Gasteiger partial charge in [-0.1, -0.05) is 23.9 Å². The summed E-state index contributed by atoms with van der Waals surface area (Å²) in [4.78, 5) is 16.4. The van der Waals surface area contributed by atoms with E-state index in [1.807, 2.05) is 0 Å². The molecule has 1 aromatic heterocycles. The molecule has 0 radical (unpaired) electrons. The number of benzene rings is 2. The predicted octanol–water partition coefficient (Wildman–Crippen LogP) is 4.75. The fourth-order valence-corrected chi connectivity index (χ4v) is 3.00. The number of amides is 1. The minimum atomic E-state index is -4.44. The van der Waals surface area contributed by atoms with Gasteiger partial charge in [0.05, 0.1) is 16.4 Å². The van der Waals surface area contributed by atoms with Crippen LogP contribution in [0.25, 0.3) is 11.4 Å². The molecule has 28 heavy (non-hydrogen) atoms. The summed E-state index contributed by atoms with van der Waals surface area (Å²) >= 11 is 1.03. The van der Waals surface area contributed by atoms with Crippen LogP contribution in [0.15, 0.2) is 53.7 Å². The van der Waals surface area contributed by atoms with E-state index in [9.17, 15) is 22.4 Å². The van der Waals surface area contributed by atoms with Gasteiger partial charge in [-0.3, -0.25) is 9.89 Å². The van der Waals surface area contributed by atoms with Crippen molar-refractivity contribution in [2.75, 3.05) is 5.32 Å². The maximum absolute atomic E-state index is 13.8. The summed E-state index contributed by atoms with van der Waals surface area (Å²) in [5.74, 6) is -0.652. The number of alkyl halides is 3. The molecular formula is C18H14F4N4OS. The largest absolute Gasteiger partial charge is 0.416 e. The second-order valence-electron chi connectivity index (χ2n) is 5.77. The Bertz CT molecular complexity index is 972. The molecule has 1 heterocycles. The Labute approximate surface area is 161 Å². The van der Waals surface area contributed by atoms with Crippen LogP contribution in [0, 0.1) is 5.82 Å². The lowest BCUT2D eigenvalue weighted by atomic mass is 10.2. The third-order valence-corrected chi connectivity index (χ3v) is 4.69. The first-order valence-corrected chi connectivity index (χ1v) is 8.94. The first-order valence-electron chi connectivity index (χ1n) is 8.06. The Morgan fingerprint density at radius 1 is 1.14 bits per heavy atom. The van der Waals surface area contributed by atoms with Gasteiger partial charge in [0.15, 0.2) is 5.82 Å². The number of thioether (sulfide) groups is 1. The van der Waals surface area contributed by atoms with Gasteiger partial charge in [0.2, 0.25) is 11.1 Å². The molecule has 2 N–H and O–H groups in total. The number of rotatable bonds is 5. The molecule has 0 aliphatic carbocycles. The van der Waals surface area contributed by atoms with Crippen LogP contribution in [0.4, 0.5) is 23.2 Å². The lowest BCUT2D eigenvalue weighted by Gasteiger charge is -2.11. The van der Waals surface area contributed by atoms with E-state index in [1.165, 1.54) is 18.2 Å². The number of halogens is 4. The van der Waals surface area contributed by atoms with Crippen molar-refractivity contribution in [2.45, 2.75) is 23.5 Å². The number of hydrogen-bond acceptors (Lipinski definition) is 4. The van der Waals surface area contributed by atoms with Crippen molar-refractivity contribution in [2.24, 2.45) is 0 Å². The lowest BCUT2D eigenvalue weighted by Crippen LogP contribution is -2.22. The van der Waals surface area contributed by atoms with Crippen molar-refractivity contribution in [3.8, 4) is 11.4 Å². The number of nitrogens with zero attached hydrogens (tertiary/aromatic N) is 2. The highest BCUT2D eigenvalue weighted by Crippen LogP contribution is 2.30. The number of H-pyrrole nitrogens is 1. The van der Waals surface area contributed by atoms with E-state index in [0.717, 1.165) is 23.9 Å². The molecule has 1 amide bonds. The zero-order valence-corrected chi connectivity index (χ0v) is 15.2. The number of nitrogens with one attached hydrogen (secondary N) is 2. The van der Waals surface area contributed by atoms with Crippen LogP contribution in [-0.2, 0) is 11.0 Å². The summed E-state index contributed by atoms with van der Waals surface area (Å²) in [7, 11) is 0. The van der Waals surface area contributed by atoms with Crippen LogP contribution in [0.3, 0.4) is 0 Å². The van der Waals surface area contributed by atoms with Crippen molar-refractivity contribution >= 4 is 23.4 Å². The summed E-state index contributed by atoms with van der Waals surface area (Å²) in [6, 6.07) is 10.2. The highest BCUT2D eigenvalue weighted by atomic mass is 32.2. The molecule has 3 rings (SSSR count). The number of hydrogen-bond donors (Lipinski definition) is 2. The third-order valence-electron chi connectivity index (χ3n) is 3.73. The van der Waals surface area contributed by atoms with E-state index in [-0.39, 0.29) is 22.2 Å². The Kier molecular flexibility index (Phi) is 5.68. The summed E-state index contributed by atoms with van der Waals surface area (Å²) in [6.45, 7) is 1.60. The molecule has 5 nitrogen and oxygen atoms in total. The molecule has 3 aromatic rings. The summed E-state index contributed by atoms with van der Waals surface area (Å²) in [6.07, 6.45) is -4.44. The molecule has 10 heteroatoms. The van der Waals surface area contributed by atoms with Crippen molar-refractivity contribution < 1.29 is 22.4 Å². The molecule has 0 saturated heterocycles. The van der Waals surface area contributed by atoms with Gasteiger partial charge in [-0.05, 0) is 43.3 Å². The van der Waals surface area contributed by atoms with Crippen LogP contribution in [0.2, 0.25) is 0 Å². The van der Waals surface area contributed by atoms with Crippen LogP contribution in [-0.4, -0.2) is 26.3 Å². The molecule has 0 aliphatic heterocycles. The van der Waals surface area contributed by atoms with E-state index >= 15 is 0 Å². The molecule has 1 atom stereocenters. The van der Waals surface area contributed by atoms with E-state index in [1.54, 1.807) is 25.1 Å². The maximum atomic E-state index is 13.8. The standard InChI is InChI=1S/C18H14F4N4OS/c1-10(16(27)23-12-8-6-11(7-9-12)18(20,21)22)28-17-24-15(25-26-17)13-4-2-3-5-14(13)19/h2-10H,1H3,(H,23,27)(H,24,25,26). The van der Waals surface area contributed by atoms with Gasteiger partial charge in [0, 0.05) is 5.69 Å². The number of aromatic amines is 1. The van der Waals surface area contributed by atoms with Gasteiger partial charge in [-0.25, -0.2) is 9.37 Å². The zero-order chi connectivity index (χ0) is 20.3. The van der Waals surface area contributed by atoms with Crippen LogP contribution in [0.5, 0.6) is 0 Å². The highest BCUT2D eigenvalue weighted by Gasteiger charge is 2.30. The average molecular weight is 410 g/mol. The smallest absolute Gasteiger partial charge is 0.325 e. The summed E-state index contributed by atoms with van der Waals surface area (Å²) in [5, 5.41) is 8.72. The fraction of sp³-hybridized carbons (Fsp3) is 0.167. The topological polar surface area (TPSA) is 70.7 Å². The average Bonchev–Trinajstić information content (AvgIpc) is 3.10. The first kappa shape index (κ1) is 19.9. The van der Waals surface area contributed by atoms with Crippen molar-refractivity contribution in [1.82, 2.24) is 15.2 Å². The summed E-state index contributed by atoms with van der Waals surface area (Å²) < 4.78 is 51.5. The Balaban J connectivity index is 1.63. The van der Waals surface area contributed by atoms with Gasteiger partial charge in [-0.15, -0.1) is 5.10 Å². The van der Waals surface area contributed by atoms with Crippen molar-refractivity contribution in [3.05, 3.63) is 59.9 Å². The number of aromatic nitrogens is 3. The third kappa shape index (κ3) is 4.69. The molecular weight excluding hydrogens is 396 g/mol. The van der Waals surface area contributed by atoms with E-state index in [0.29, 0.717) is 0 Å². The quantitative estimate of drug-likeness (QED) is 0.471. The van der Waals surface area contributed by atoms with Gasteiger partial charge in [0.1, 0.15) is 5.82 Å². The van der Waals surface area contributed by atoms with Crippen LogP contribution in [0.1, 0.15) is 12.5 Å². The van der Waals surface area contributed by atoms with Gasteiger partial charge in [0.25, 0.3) is 0 Å². The zero-order valence-electron chi connectivity index (χ0n) is 14.4. The Morgan fingerprint density at radius 2 is 1.82 bits per heavy atom. The van der Waals surface area contributed by atoms with E-state index < -0.39 is 28.7 Å². The van der Waals surface area contributed by atoms with E-state index in [4.69, 9.17) is 0 Å². The number of anilines is 1. The van der Waals surface area contributed by atoms with Gasteiger partial charge < -0.3 is 5.32 Å². The second-order valence-corrected chi connectivity index (χ2v) is 7.08. The monoisotopic (exact) mass is 410 g/mol. The maximum Gasteiger partial charge on any atom is 0.416 e.